The molecule has 2 rings (SSSR count). The van der Waals surface area contributed by atoms with Gasteiger partial charge >= 0.3 is 5.97 Å². The lowest BCUT2D eigenvalue weighted by atomic mass is 10.1. The second-order valence-corrected chi connectivity index (χ2v) is 7.27. The Morgan fingerprint density at radius 2 is 1.70 bits per heavy atom. The van der Waals surface area contributed by atoms with Gasteiger partial charge in [0.15, 0.2) is 0 Å². The Balaban J connectivity index is 2.15. The Morgan fingerprint density at radius 3 is 2.26 bits per heavy atom. The van der Waals surface area contributed by atoms with E-state index in [-0.39, 0.29) is 16.3 Å². The van der Waals surface area contributed by atoms with Crippen molar-refractivity contribution < 1.29 is 18.3 Å². The molecule has 0 radical (unpaired) electrons. The number of aliphatic carboxylic acids is 1. The number of carbonyl (C=O) groups is 1. The number of carboxylic acids is 1. The lowest BCUT2D eigenvalue weighted by Gasteiger charge is -2.09. The van der Waals surface area contributed by atoms with Crippen LogP contribution < -0.4 is 4.72 Å². The minimum absolute atomic E-state index is 0.00633. The second-order valence-electron chi connectivity index (χ2n) is 4.77. The van der Waals surface area contributed by atoms with Crippen molar-refractivity contribution in [3.63, 3.8) is 0 Å². The van der Waals surface area contributed by atoms with Gasteiger partial charge in [0, 0.05) is 6.42 Å². The zero-order valence-electron chi connectivity index (χ0n) is 11.8. The van der Waals surface area contributed by atoms with Crippen molar-refractivity contribution in [2.24, 2.45) is 0 Å². The minimum atomic E-state index is -3.76. The van der Waals surface area contributed by atoms with Crippen LogP contribution in [0.25, 0.3) is 0 Å². The van der Waals surface area contributed by atoms with Gasteiger partial charge in [-0.25, -0.2) is 8.42 Å². The summed E-state index contributed by atoms with van der Waals surface area (Å²) >= 11 is 11.6. The van der Waals surface area contributed by atoms with Crippen LogP contribution in [-0.4, -0.2) is 19.5 Å². The maximum absolute atomic E-state index is 12.3. The predicted molar refractivity (Wildman–Crippen MR) is 89.7 cm³/mol. The van der Waals surface area contributed by atoms with Crippen LogP contribution in [0, 0.1) is 0 Å². The summed E-state index contributed by atoms with van der Waals surface area (Å²) in [4.78, 5) is 10.6. The molecule has 0 aromatic heterocycles. The third kappa shape index (κ3) is 4.86. The van der Waals surface area contributed by atoms with Gasteiger partial charge in [-0.15, -0.1) is 0 Å². The van der Waals surface area contributed by atoms with Crippen molar-refractivity contribution in [1.29, 1.82) is 0 Å². The van der Waals surface area contributed by atoms with E-state index in [4.69, 9.17) is 28.3 Å². The van der Waals surface area contributed by atoms with Crippen molar-refractivity contribution >= 4 is 44.9 Å². The molecular weight excluding hydrogens is 361 g/mol. The minimum Gasteiger partial charge on any atom is -0.481 e. The monoisotopic (exact) mass is 373 g/mol. The lowest BCUT2D eigenvalue weighted by Crippen LogP contribution is -2.13. The number of halogens is 2. The van der Waals surface area contributed by atoms with Crippen molar-refractivity contribution in [3.05, 3.63) is 58.1 Å². The largest absolute Gasteiger partial charge is 0.481 e. The predicted octanol–water partition coefficient (Wildman–Crippen LogP) is 3.81. The van der Waals surface area contributed by atoms with Crippen LogP contribution in [-0.2, 0) is 21.2 Å². The Kier molecular flexibility index (Phi) is 5.51. The molecule has 0 amide bonds. The fraction of sp³-hybridized carbons (Fsp3) is 0.133. The average Bonchev–Trinajstić information content (AvgIpc) is 2.49. The van der Waals surface area contributed by atoms with Gasteiger partial charge in [0.25, 0.3) is 10.0 Å². The van der Waals surface area contributed by atoms with Crippen LogP contribution in [0.2, 0.25) is 10.0 Å². The summed E-state index contributed by atoms with van der Waals surface area (Å²) in [5, 5.41) is 9.22. The Labute approximate surface area is 143 Å². The van der Waals surface area contributed by atoms with E-state index >= 15 is 0 Å². The second kappa shape index (κ2) is 7.21. The molecule has 0 unspecified atom stereocenters. The van der Waals surface area contributed by atoms with Gasteiger partial charge in [0.05, 0.1) is 20.6 Å². The molecule has 2 aromatic rings. The van der Waals surface area contributed by atoms with Gasteiger partial charge < -0.3 is 5.11 Å². The van der Waals surface area contributed by atoms with Crippen LogP contribution in [0.4, 0.5) is 5.69 Å². The molecule has 0 fully saturated rings. The molecule has 8 heteroatoms. The summed E-state index contributed by atoms with van der Waals surface area (Å²) in [6.45, 7) is 0. The van der Waals surface area contributed by atoms with E-state index in [1.807, 2.05) is 0 Å². The molecule has 0 saturated carbocycles. The van der Waals surface area contributed by atoms with Crippen molar-refractivity contribution in [1.82, 2.24) is 0 Å². The van der Waals surface area contributed by atoms with Crippen LogP contribution in [0.1, 0.15) is 12.0 Å². The first kappa shape index (κ1) is 17.6. The maximum atomic E-state index is 12.3. The lowest BCUT2D eigenvalue weighted by molar-refractivity contribution is -0.136. The zero-order chi connectivity index (χ0) is 17.0. The number of rotatable bonds is 6. The molecule has 2 aromatic carbocycles. The molecule has 0 spiro atoms. The highest BCUT2D eigenvalue weighted by Crippen LogP contribution is 2.26. The fourth-order valence-electron chi connectivity index (χ4n) is 1.86. The van der Waals surface area contributed by atoms with E-state index in [1.165, 1.54) is 30.3 Å². The molecular formula is C15H13Cl2NO4S. The molecule has 0 bridgehead atoms. The molecule has 2 N–H and O–H groups in total. The summed E-state index contributed by atoms with van der Waals surface area (Å²) in [7, 11) is -3.76. The smallest absolute Gasteiger partial charge is 0.303 e. The van der Waals surface area contributed by atoms with E-state index in [9.17, 15) is 13.2 Å². The highest BCUT2D eigenvalue weighted by molar-refractivity contribution is 7.92. The quantitative estimate of drug-likeness (QED) is 0.806. The standard InChI is InChI=1S/C15H13Cl2NO4S/c16-13-7-4-11(9-14(13)17)18-23(21,22)12-5-1-10(2-6-12)3-8-15(19)20/h1-2,4-7,9,18H,3,8H2,(H,19,20). The normalized spacial score (nSPS) is 11.2. The van der Waals surface area contributed by atoms with E-state index in [2.05, 4.69) is 4.72 Å². The van der Waals surface area contributed by atoms with Gasteiger partial charge in [0.2, 0.25) is 0 Å². The molecule has 0 aliphatic heterocycles. The summed E-state index contributed by atoms with van der Waals surface area (Å²) in [5.74, 6) is -0.900. The average molecular weight is 374 g/mol. The summed E-state index contributed by atoms with van der Waals surface area (Å²) in [6.07, 6.45) is 0.337. The maximum Gasteiger partial charge on any atom is 0.303 e. The van der Waals surface area contributed by atoms with Crippen LogP contribution in [0.3, 0.4) is 0 Å². The molecule has 0 heterocycles. The number of anilines is 1. The summed E-state index contributed by atoms with van der Waals surface area (Å²) < 4.78 is 27.0. The van der Waals surface area contributed by atoms with E-state index in [1.54, 1.807) is 12.1 Å². The third-order valence-corrected chi connectivity index (χ3v) is 5.17. The zero-order valence-corrected chi connectivity index (χ0v) is 14.1. The van der Waals surface area contributed by atoms with Gasteiger partial charge in [-0.1, -0.05) is 35.3 Å². The number of sulfonamides is 1. The number of aryl methyl sites for hydroxylation is 1. The van der Waals surface area contributed by atoms with Gasteiger partial charge in [0.1, 0.15) is 0 Å². The fourth-order valence-corrected chi connectivity index (χ4v) is 3.21. The number of carboxylic acid groups (broad SMARTS) is 1. The molecule has 5 nitrogen and oxygen atoms in total. The van der Waals surface area contributed by atoms with Gasteiger partial charge in [-0.3, -0.25) is 9.52 Å². The van der Waals surface area contributed by atoms with E-state index < -0.39 is 16.0 Å². The summed E-state index contributed by atoms with van der Waals surface area (Å²) in [6, 6.07) is 10.5. The van der Waals surface area contributed by atoms with Crippen LogP contribution in [0.15, 0.2) is 47.4 Å². The van der Waals surface area contributed by atoms with Crippen LogP contribution >= 0.6 is 23.2 Å². The molecule has 23 heavy (non-hydrogen) atoms. The number of benzene rings is 2. The molecule has 0 aliphatic carbocycles. The highest BCUT2D eigenvalue weighted by Gasteiger charge is 2.14. The number of nitrogens with one attached hydrogen (secondary N) is 1. The van der Waals surface area contributed by atoms with Crippen molar-refractivity contribution in [2.45, 2.75) is 17.7 Å². The first-order valence-electron chi connectivity index (χ1n) is 6.56. The molecule has 122 valence electrons. The SMILES string of the molecule is O=C(O)CCc1ccc(S(=O)(=O)Nc2ccc(Cl)c(Cl)c2)cc1. The van der Waals surface area contributed by atoms with Gasteiger partial charge in [-0.05, 0) is 42.3 Å². The Bertz CT molecular complexity index is 820. The summed E-state index contributed by atoms with van der Waals surface area (Å²) in [5.41, 5.74) is 1.05. The number of hydrogen-bond acceptors (Lipinski definition) is 3. The van der Waals surface area contributed by atoms with E-state index in [0.717, 1.165) is 5.56 Å². The van der Waals surface area contributed by atoms with Crippen molar-refractivity contribution in [3.8, 4) is 0 Å². The van der Waals surface area contributed by atoms with Crippen molar-refractivity contribution in [2.75, 3.05) is 4.72 Å². The topological polar surface area (TPSA) is 83.5 Å². The Morgan fingerprint density at radius 1 is 1.04 bits per heavy atom. The molecule has 0 aliphatic rings. The first-order valence-corrected chi connectivity index (χ1v) is 8.80. The number of hydrogen-bond donors (Lipinski definition) is 2. The first-order chi connectivity index (χ1) is 10.8. The molecule has 0 saturated heterocycles. The Hall–Kier alpha value is -1.76. The van der Waals surface area contributed by atoms with Crippen LogP contribution in [0.5, 0.6) is 0 Å². The van der Waals surface area contributed by atoms with Gasteiger partial charge in [-0.2, -0.15) is 0 Å². The highest BCUT2D eigenvalue weighted by atomic mass is 35.5. The van der Waals surface area contributed by atoms with E-state index in [0.29, 0.717) is 17.1 Å². The third-order valence-electron chi connectivity index (χ3n) is 3.03. The molecule has 0 atom stereocenters.